The molecule has 2 heterocycles. The zero-order chi connectivity index (χ0) is 12.4. The van der Waals surface area contributed by atoms with Crippen molar-refractivity contribution in [3.05, 3.63) is 10.6 Å². The third kappa shape index (κ3) is 2.95. The number of thiazole rings is 1. The Balaban J connectivity index is 2.03. The van der Waals surface area contributed by atoms with E-state index >= 15 is 0 Å². The Morgan fingerprint density at radius 3 is 3.00 bits per heavy atom. The molecule has 0 saturated carbocycles. The van der Waals surface area contributed by atoms with Gasteiger partial charge in [0.1, 0.15) is 4.88 Å². The van der Waals surface area contributed by atoms with Crippen LogP contribution in [0.1, 0.15) is 35.1 Å². The van der Waals surface area contributed by atoms with E-state index in [9.17, 15) is 4.79 Å². The standard InChI is InChI=1S/C11H16N2O3S/c1-6-5-8(3-4-16-6)13-11-12-7(2)9(17-11)10(14)15/h6,8H,3-5H2,1-2H3,(H,12,13)(H,14,15). The molecule has 0 spiro atoms. The number of aromatic carboxylic acids is 1. The summed E-state index contributed by atoms with van der Waals surface area (Å²) in [4.78, 5) is 15.5. The normalized spacial score (nSPS) is 24.6. The average molecular weight is 256 g/mol. The second kappa shape index (κ2) is 5.01. The van der Waals surface area contributed by atoms with Gasteiger partial charge in [0, 0.05) is 12.6 Å². The molecule has 0 bridgehead atoms. The Hall–Kier alpha value is -1.14. The van der Waals surface area contributed by atoms with Crippen LogP contribution in [0.15, 0.2) is 0 Å². The number of ether oxygens (including phenoxy) is 1. The number of hydrogen-bond donors (Lipinski definition) is 2. The van der Waals surface area contributed by atoms with Crippen molar-refractivity contribution in [3.63, 3.8) is 0 Å². The van der Waals surface area contributed by atoms with Gasteiger partial charge in [0.15, 0.2) is 5.13 Å². The molecule has 2 N–H and O–H groups in total. The summed E-state index contributed by atoms with van der Waals surface area (Å²) in [5.41, 5.74) is 0.574. The van der Waals surface area contributed by atoms with E-state index in [2.05, 4.69) is 10.3 Å². The summed E-state index contributed by atoms with van der Waals surface area (Å²) in [7, 11) is 0. The largest absolute Gasteiger partial charge is 0.477 e. The molecule has 0 aliphatic carbocycles. The second-order valence-corrected chi connectivity index (χ2v) is 5.28. The molecule has 1 saturated heterocycles. The molecule has 0 radical (unpaired) electrons. The third-order valence-electron chi connectivity index (χ3n) is 2.80. The predicted octanol–water partition coefficient (Wildman–Crippen LogP) is 2.13. The second-order valence-electron chi connectivity index (χ2n) is 4.29. The first-order valence-corrected chi connectivity index (χ1v) is 6.46. The summed E-state index contributed by atoms with van der Waals surface area (Å²) < 4.78 is 5.46. The first kappa shape index (κ1) is 12.3. The highest BCUT2D eigenvalue weighted by Crippen LogP contribution is 2.25. The highest BCUT2D eigenvalue weighted by Gasteiger charge is 2.21. The average Bonchev–Trinajstić information content (AvgIpc) is 2.59. The monoisotopic (exact) mass is 256 g/mol. The SMILES string of the molecule is Cc1nc(NC2CCOC(C)C2)sc1C(=O)O. The van der Waals surface area contributed by atoms with Crippen LogP contribution in [-0.4, -0.2) is 34.8 Å². The van der Waals surface area contributed by atoms with Gasteiger partial charge in [-0.1, -0.05) is 11.3 Å². The fourth-order valence-corrected chi connectivity index (χ4v) is 2.84. The van der Waals surface area contributed by atoms with Crippen LogP contribution in [0, 0.1) is 6.92 Å². The van der Waals surface area contributed by atoms with Crippen LogP contribution in [-0.2, 0) is 4.74 Å². The van der Waals surface area contributed by atoms with Crippen molar-refractivity contribution < 1.29 is 14.6 Å². The van der Waals surface area contributed by atoms with E-state index in [0.29, 0.717) is 21.7 Å². The van der Waals surface area contributed by atoms with E-state index in [4.69, 9.17) is 9.84 Å². The fourth-order valence-electron chi connectivity index (χ4n) is 1.96. The Kier molecular flexibility index (Phi) is 3.63. The summed E-state index contributed by atoms with van der Waals surface area (Å²) in [5, 5.41) is 12.9. The maximum atomic E-state index is 10.9. The van der Waals surface area contributed by atoms with Crippen LogP contribution in [0.4, 0.5) is 5.13 Å². The van der Waals surface area contributed by atoms with Crippen molar-refractivity contribution in [2.45, 2.75) is 38.8 Å². The van der Waals surface area contributed by atoms with Crippen LogP contribution in [0.3, 0.4) is 0 Å². The smallest absolute Gasteiger partial charge is 0.347 e. The third-order valence-corrected chi connectivity index (χ3v) is 3.88. The molecule has 5 nitrogen and oxygen atoms in total. The number of hydrogen-bond acceptors (Lipinski definition) is 5. The van der Waals surface area contributed by atoms with Crippen LogP contribution in [0.2, 0.25) is 0 Å². The van der Waals surface area contributed by atoms with E-state index in [-0.39, 0.29) is 6.10 Å². The van der Waals surface area contributed by atoms with Gasteiger partial charge in [-0.15, -0.1) is 0 Å². The van der Waals surface area contributed by atoms with Crippen molar-refractivity contribution in [2.24, 2.45) is 0 Å². The van der Waals surface area contributed by atoms with Gasteiger partial charge in [-0.3, -0.25) is 0 Å². The number of nitrogens with zero attached hydrogens (tertiary/aromatic N) is 1. The van der Waals surface area contributed by atoms with E-state index < -0.39 is 5.97 Å². The van der Waals surface area contributed by atoms with Crippen LogP contribution < -0.4 is 5.32 Å². The molecule has 0 aromatic carbocycles. The number of nitrogens with one attached hydrogen (secondary N) is 1. The zero-order valence-corrected chi connectivity index (χ0v) is 10.7. The highest BCUT2D eigenvalue weighted by atomic mass is 32.1. The topological polar surface area (TPSA) is 71.5 Å². The molecule has 94 valence electrons. The number of rotatable bonds is 3. The molecule has 2 unspecified atom stereocenters. The number of aryl methyl sites for hydroxylation is 1. The van der Waals surface area contributed by atoms with Crippen molar-refractivity contribution in [1.82, 2.24) is 4.98 Å². The first-order valence-electron chi connectivity index (χ1n) is 5.65. The molecule has 1 aromatic heterocycles. The van der Waals surface area contributed by atoms with Crippen LogP contribution >= 0.6 is 11.3 Å². The highest BCUT2D eigenvalue weighted by molar-refractivity contribution is 7.17. The number of carboxylic acid groups (broad SMARTS) is 1. The van der Waals surface area contributed by atoms with Crippen molar-refractivity contribution in [3.8, 4) is 0 Å². The molecule has 1 fully saturated rings. The molecule has 2 atom stereocenters. The van der Waals surface area contributed by atoms with Gasteiger partial charge < -0.3 is 15.2 Å². The van der Waals surface area contributed by atoms with Gasteiger partial charge in [-0.05, 0) is 26.7 Å². The van der Waals surface area contributed by atoms with E-state index in [1.807, 2.05) is 6.92 Å². The minimum absolute atomic E-state index is 0.251. The lowest BCUT2D eigenvalue weighted by atomic mass is 10.1. The number of carboxylic acids is 1. The number of anilines is 1. The van der Waals surface area contributed by atoms with E-state index in [0.717, 1.165) is 19.4 Å². The lowest BCUT2D eigenvalue weighted by Gasteiger charge is -2.27. The lowest BCUT2D eigenvalue weighted by molar-refractivity contribution is 0.0232. The van der Waals surface area contributed by atoms with Gasteiger partial charge in [0.25, 0.3) is 0 Å². The van der Waals surface area contributed by atoms with Gasteiger partial charge in [-0.2, -0.15) is 0 Å². The van der Waals surface area contributed by atoms with Crippen LogP contribution in [0.5, 0.6) is 0 Å². The molecule has 17 heavy (non-hydrogen) atoms. The molecule has 1 aliphatic heterocycles. The number of aromatic nitrogens is 1. The molecular weight excluding hydrogens is 240 g/mol. The zero-order valence-electron chi connectivity index (χ0n) is 9.90. The predicted molar refractivity (Wildman–Crippen MR) is 65.9 cm³/mol. The van der Waals surface area contributed by atoms with E-state index in [1.54, 1.807) is 6.92 Å². The Bertz CT molecular complexity index is 419. The minimum Gasteiger partial charge on any atom is -0.477 e. The van der Waals surface area contributed by atoms with Crippen molar-refractivity contribution in [2.75, 3.05) is 11.9 Å². The van der Waals surface area contributed by atoms with Crippen molar-refractivity contribution >= 4 is 22.4 Å². The minimum atomic E-state index is -0.909. The molecule has 6 heteroatoms. The Morgan fingerprint density at radius 1 is 1.65 bits per heavy atom. The maximum absolute atomic E-state index is 10.9. The summed E-state index contributed by atoms with van der Waals surface area (Å²) in [6.45, 7) is 4.51. The van der Waals surface area contributed by atoms with Gasteiger partial charge in [0.2, 0.25) is 0 Å². The first-order chi connectivity index (χ1) is 8.06. The quantitative estimate of drug-likeness (QED) is 0.866. The summed E-state index contributed by atoms with van der Waals surface area (Å²) in [5.74, 6) is -0.909. The van der Waals surface area contributed by atoms with Gasteiger partial charge in [-0.25, -0.2) is 9.78 Å². The molecule has 2 rings (SSSR count). The van der Waals surface area contributed by atoms with Gasteiger partial charge >= 0.3 is 5.97 Å². The maximum Gasteiger partial charge on any atom is 0.347 e. The van der Waals surface area contributed by atoms with E-state index in [1.165, 1.54) is 11.3 Å². The molecular formula is C11H16N2O3S. The Labute approximate surface area is 104 Å². The molecule has 1 aliphatic rings. The Morgan fingerprint density at radius 2 is 2.41 bits per heavy atom. The fraction of sp³-hybridized carbons (Fsp3) is 0.636. The summed E-state index contributed by atoms with van der Waals surface area (Å²) in [6, 6.07) is 0.325. The summed E-state index contributed by atoms with van der Waals surface area (Å²) >= 11 is 1.20. The molecule has 1 aromatic rings. The van der Waals surface area contributed by atoms with Crippen LogP contribution in [0.25, 0.3) is 0 Å². The molecule has 0 amide bonds. The number of carbonyl (C=O) groups is 1. The lowest BCUT2D eigenvalue weighted by Crippen LogP contribution is -2.32. The van der Waals surface area contributed by atoms with Gasteiger partial charge in [0.05, 0.1) is 11.8 Å². The van der Waals surface area contributed by atoms with Crippen molar-refractivity contribution in [1.29, 1.82) is 0 Å². The summed E-state index contributed by atoms with van der Waals surface area (Å²) in [6.07, 6.45) is 2.12.